The second-order valence-electron chi connectivity index (χ2n) is 4.12. The van der Waals surface area contributed by atoms with Gasteiger partial charge in [0.05, 0.1) is 6.61 Å². The van der Waals surface area contributed by atoms with Gasteiger partial charge < -0.3 is 10.5 Å². The number of aryl methyl sites for hydroxylation is 1. The summed E-state index contributed by atoms with van der Waals surface area (Å²) in [6, 6.07) is 8.23. The number of nitrogens with two attached hydrogens (primary N) is 1. The Morgan fingerprint density at radius 3 is 2.47 bits per heavy atom. The molecule has 3 heteroatoms. The predicted molar refractivity (Wildman–Crippen MR) is 76.9 cm³/mol. The molecule has 0 aliphatic rings. The minimum absolute atomic E-state index is 0.809. The van der Waals surface area contributed by atoms with Gasteiger partial charge in [0.25, 0.3) is 0 Å². The third-order valence-electron chi connectivity index (χ3n) is 2.47. The average molecular weight is 253 g/mol. The van der Waals surface area contributed by atoms with Gasteiger partial charge in [-0.1, -0.05) is 17.7 Å². The zero-order chi connectivity index (χ0) is 12.3. The lowest BCUT2D eigenvalue weighted by Gasteiger charge is -2.06. The van der Waals surface area contributed by atoms with Crippen LogP contribution in [0.3, 0.4) is 0 Å². The van der Waals surface area contributed by atoms with Crippen LogP contribution < -0.4 is 10.5 Å². The third kappa shape index (κ3) is 7.29. The van der Waals surface area contributed by atoms with Gasteiger partial charge in [-0.25, -0.2) is 0 Å². The van der Waals surface area contributed by atoms with Crippen LogP contribution in [0.4, 0.5) is 0 Å². The van der Waals surface area contributed by atoms with Gasteiger partial charge in [-0.2, -0.15) is 11.8 Å². The maximum Gasteiger partial charge on any atom is 0.119 e. The lowest BCUT2D eigenvalue weighted by Crippen LogP contribution is -2.00. The summed E-state index contributed by atoms with van der Waals surface area (Å²) in [6.45, 7) is 3.71. The number of thioether (sulfide) groups is 1. The fraction of sp³-hybridized carbons (Fsp3) is 0.571. The molecule has 0 aliphatic heterocycles. The molecule has 0 aromatic heterocycles. The van der Waals surface area contributed by atoms with Crippen molar-refractivity contribution in [2.45, 2.75) is 26.2 Å². The normalized spacial score (nSPS) is 10.5. The molecule has 0 fully saturated rings. The molecule has 2 nitrogen and oxygen atoms in total. The summed E-state index contributed by atoms with van der Waals surface area (Å²) in [5.41, 5.74) is 6.70. The van der Waals surface area contributed by atoms with E-state index in [2.05, 4.69) is 19.1 Å². The molecule has 17 heavy (non-hydrogen) atoms. The molecule has 0 spiro atoms. The number of unbranched alkanes of at least 4 members (excludes halogenated alkanes) is 1. The van der Waals surface area contributed by atoms with Gasteiger partial charge in [-0.3, -0.25) is 0 Å². The van der Waals surface area contributed by atoms with Crippen LogP contribution in [-0.4, -0.2) is 24.7 Å². The van der Waals surface area contributed by atoms with Crippen LogP contribution in [0.15, 0.2) is 24.3 Å². The van der Waals surface area contributed by atoms with E-state index in [1.165, 1.54) is 23.5 Å². The minimum atomic E-state index is 0.809. The summed E-state index contributed by atoms with van der Waals surface area (Å²) in [6.07, 6.45) is 3.48. The molecule has 2 N–H and O–H groups in total. The number of hydrogen-bond acceptors (Lipinski definition) is 3. The smallest absolute Gasteiger partial charge is 0.119 e. The Hall–Kier alpha value is -0.670. The first-order valence-electron chi connectivity index (χ1n) is 6.30. The van der Waals surface area contributed by atoms with E-state index in [1.807, 2.05) is 23.9 Å². The Morgan fingerprint density at radius 1 is 1.06 bits per heavy atom. The van der Waals surface area contributed by atoms with Gasteiger partial charge >= 0.3 is 0 Å². The Balaban J connectivity index is 1.95. The highest BCUT2D eigenvalue weighted by Crippen LogP contribution is 2.12. The first-order chi connectivity index (χ1) is 8.33. The van der Waals surface area contributed by atoms with Crippen LogP contribution in [0.1, 0.15) is 24.8 Å². The van der Waals surface area contributed by atoms with Gasteiger partial charge in [0.1, 0.15) is 5.75 Å². The van der Waals surface area contributed by atoms with Crippen molar-refractivity contribution in [3.63, 3.8) is 0 Å². The summed E-state index contributed by atoms with van der Waals surface area (Å²) in [4.78, 5) is 0. The zero-order valence-electron chi connectivity index (χ0n) is 10.7. The highest BCUT2D eigenvalue weighted by atomic mass is 32.2. The lowest BCUT2D eigenvalue weighted by atomic mass is 10.2. The van der Waals surface area contributed by atoms with E-state index >= 15 is 0 Å². The first-order valence-corrected chi connectivity index (χ1v) is 7.45. The van der Waals surface area contributed by atoms with Crippen molar-refractivity contribution in [2.24, 2.45) is 5.73 Å². The van der Waals surface area contributed by atoms with Crippen LogP contribution in [0.2, 0.25) is 0 Å². The molecule has 0 atom stereocenters. The van der Waals surface area contributed by atoms with E-state index in [4.69, 9.17) is 10.5 Å². The summed E-state index contributed by atoms with van der Waals surface area (Å²) < 4.78 is 5.66. The molecule has 0 unspecified atom stereocenters. The minimum Gasteiger partial charge on any atom is -0.494 e. The van der Waals surface area contributed by atoms with Crippen molar-refractivity contribution in [2.75, 3.05) is 24.7 Å². The van der Waals surface area contributed by atoms with Crippen molar-refractivity contribution >= 4 is 11.8 Å². The molecule has 1 aromatic carbocycles. The summed E-state index contributed by atoms with van der Waals surface area (Å²) >= 11 is 1.99. The number of ether oxygens (including phenoxy) is 1. The molecule has 0 amide bonds. The van der Waals surface area contributed by atoms with E-state index in [-0.39, 0.29) is 0 Å². The Kier molecular flexibility index (Phi) is 7.93. The maximum atomic E-state index is 5.66. The van der Waals surface area contributed by atoms with Crippen LogP contribution in [0.5, 0.6) is 5.75 Å². The summed E-state index contributed by atoms with van der Waals surface area (Å²) in [5, 5.41) is 0. The van der Waals surface area contributed by atoms with Crippen LogP contribution >= 0.6 is 11.8 Å². The molecule has 1 aromatic rings. The molecule has 0 aliphatic carbocycles. The molecule has 96 valence electrons. The van der Waals surface area contributed by atoms with Gasteiger partial charge in [0.2, 0.25) is 0 Å². The van der Waals surface area contributed by atoms with Crippen LogP contribution in [0.25, 0.3) is 0 Å². The number of rotatable bonds is 9. The molecule has 0 saturated carbocycles. The van der Waals surface area contributed by atoms with Crippen molar-refractivity contribution in [1.82, 2.24) is 0 Å². The monoisotopic (exact) mass is 253 g/mol. The molecule has 0 saturated heterocycles. The highest BCUT2D eigenvalue weighted by molar-refractivity contribution is 7.99. The lowest BCUT2D eigenvalue weighted by molar-refractivity contribution is 0.310. The van der Waals surface area contributed by atoms with Crippen molar-refractivity contribution in [1.29, 1.82) is 0 Å². The second-order valence-corrected chi connectivity index (χ2v) is 5.35. The highest BCUT2D eigenvalue weighted by Gasteiger charge is 1.94. The quantitative estimate of drug-likeness (QED) is 0.686. The Bertz CT molecular complexity index is 287. The Labute approximate surface area is 109 Å². The third-order valence-corrected chi connectivity index (χ3v) is 3.62. The van der Waals surface area contributed by atoms with E-state index in [1.54, 1.807) is 0 Å². The molecule has 1 rings (SSSR count). The number of hydrogen-bond donors (Lipinski definition) is 1. The average Bonchev–Trinajstić information content (AvgIpc) is 2.35. The summed E-state index contributed by atoms with van der Waals surface area (Å²) in [7, 11) is 0. The maximum absolute atomic E-state index is 5.66. The van der Waals surface area contributed by atoms with E-state index in [0.717, 1.165) is 31.7 Å². The second kappa shape index (κ2) is 9.37. The van der Waals surface area contributed by atoms with Crippen LogP contribution in [0, 0.1) is 6.92 Å². The van der Waals surface area contributed by atoms with Crippen molar-refractivity contribution < 1.29 is 4.74 Å². The van der Waals surface area contributed by atoms with Crippen molar-refractivity contribution in [3.8, 4) is 5.75 Å². The molecular formula is C14H23NOS. The zero-order valence-corrected chi connectivity index (χ0v) is 11.5. The van der Waals surface area contributed by atoms with E-state index in [9.17, 15) is 0 Å². The molecule has 0 radical (unpaired) electrons. The Morgan fingerprint density at radius 2 is 1.76 bits per heavy atom. The van der Waals surface area contributed by atoms with Gasteiger partial charge in [0, 0.05) is 0 Å². The number of benzene rings is 1. The van der Waals surface area contributed by atoms with E-state index < -0.39 is 0 Å². The fourth-order valence-electron chi connectivity index (χ4n) is 1.42. The first kappa shape index (κ1) is 14.4. The summed E-state index contributed by atoms with van der Waals surface area (Å²) in [5.74, 6) is 3.39. The van der Waals surface area contributed by atoms with Crippen molar-refractivity contribution in [3.05, 3.63) is 29.8 Å². The van der Waals surface area contributed by atoms with E-state index in [0.29, 0.717) is 0 Å². The predicted octanol–water partition coefficient (Wildman–Crippen LogP) is 3.24. The van der Waals surface area contributed by atoms with Gasteiger partial charge in [-0.15, -0.1) is 0 Å². The van der Waals surface area contributed by atoms with Gasteiger partial charge in [0.15, 0.2) is 0 Å². The standard InChI is InChI=1S/C14H23NOS/c1-13-5-7-14(8-6-13)16-10-2-3-11-17-12-4-9-15/h5-8H,2-4,9-12,15H2,1H3. The van der Waals surface area contributed by atoms with Crippen LogP contribution in [-0.2, 0) is 0 Å². The van der Waals surface area contributed by atoms with Gasteiger partial charge in [-0.05, 0) is 56.4 Å². The fourth-order valence-corrected chi connectivity index (χ4v) is 2.40. The molecular weight excluding hydrogens is 230 g/mol. The largest absolute Gasteiger partial charge is 0.494 e. The SMILES string of the molecule is Cc1ccc(OCCCCSCCCN)cc1. The molecule has 0 bridgehead atoms. The molecule has 0 heterocycles. The topological polar surface area (TPSA) is 35.2 Å².